The van der Waals surface area contributed by atoms with Crippen molar-refractivity contribution in [3.8, 4) is 12.3 Å². The van der Waals surface area contributed by atoms with Gasteiger partial charge in [-0.1, -0.05) is 32.6 Å². The van der Waals surface area contributed by atoms with Crippen molar-refractivity contribution in [2.75, 3.05) is 0 Å². The molecular formula is C16H26O2. The van der Waals surface area contributed by atoms with Crippen molar-refractivity contribution in [2.45, 2.75) is 65.9 Å². The van der Waals surface area contributed by atoms with Gasteiger partial charge in [-0.25, -0.2) is 0 Å². The average molecular weight is 250 g/mol. The highest BCUT2D eigenvalue weighted by molar-refractivity contribution is 5.66. The Morgan fingerprint density at radius 3 is 2.56 bits per heavy atom. The van der Waals surface area contributed by atoms with Crippen molar-refractivity contribution in [1.82, 2.24) is 0 Å². The van der Waals surface area contributed by atoms with Crippen LogP contribution in [-0.2, 0) is 9.53 Å². The van der Waals surface area contributed by atoms with E-state index in [4.69, 9.17) is 11.2 Å². The fraction of sp³-hybridized carbons (Fsp3) is 0.812. The van der Waals surface area contributed by atoms with Crippen LogP contribution in [0.4, 0.5) is 0 Å². The molecule has 3 unspecified atom stereocenters. The molecule has 0 bridgehead atoms. The summed E-state index contributed by atoms with van der Waals surface area (Å²) < 4.78 is 5.49. The van der Waals surface area contributed by atoms with Gasteiger partial charge in [0.25, 0.3) is 0 Å². The van der Waals surface area contributed by atoms with Gasteiger partial charge in [0.15, 0.2) is 0 Å². The van der Waals surface area contributed by atoms with Gasteiger partial charge in [0.05, 0.1) is 5.41 Å². The lowest BCUT2D eigenvalue weighted by Gasteiger charge is -2.42. The molecule has 2 nitrogen and oxygen atoms in total. The molecule has 1 fully saturated rings. The van der Waals surface area contributed by atoms with Crippen molar-refractivity contribution < 1.29 is 9.53 Å². The molecule has 0 aromatic rings. The monoisotopic (exact) mass is 250 g/mol. The van der Waals surface area contributed by atoms with Gasteiger partial charge in [-0.3, -0.25) is 4.79 Å². The highest BCUT2D eigenvalue weighted by Crippen LogP contribution is 2.44. The maximum Gasteiger partial charge on any atom is 0.302 e. The Kier molecular flexibility index (Phi) is 5.26. The molecule has 0 aliphatic heterocycles. The second kappa shape index (κ2) is 6.27. The number of hydrogen-bond donors (Lipinski definition) is 0. The van der Waals surface area contributed by atoms with Gasteiger partial charge < -0.3 is 4.74 Å². The first-order valence-electron chi connectivity index (χ1n) is 7.11. The predicted octanol–water partition coefficient (Wildman–Crippen LogP) is 3.79. The second-order valence-electron chi connectivity index (χ2n) is 5.77. The van der Waals surface area contributed by atoms with E-state index in [2.05, 4.69) is 19.8 Å². The Labute approximate surface area is 111 Å². The first kappa shape index (κ1) is 15.1. The molecular weight excluding hydrogens is 224 g/mol. The van der Waals surface area contributed by atoms with Crippen LogP contribution < -0.4 is 0 Å². The standard InChI is InChI=1S/C16H26O2/c1-6-13(7-2)14-9-10-16(5,8-3)15(11-14)18-12(4)17/h3,13-15H,6-7,9-11H2,1-2,4-5H3. The van der Waals surface area contributed by atoms with E-state index in [0.29, 0.717) is 5.92 Å². The van der Waals surface area contributed by atoms with E-state index in [0.717, 1.165) is 25.2 Å². The number of ether oxygens (including phenoxy) is 1. The summed E-state index contributed by atoms with van der Waals surface area (Å²) in [5.41, 5.74) is -0.284. The van der Waals surface area contributed by atoms with Crippen LogP contribution >= 0.6 is 0 Å². The minimum Gasteiger partial charge on any atom is -0.461 e. The van der Waals surface area contributed by atoms with Gasteiger partial charge in [0, 0.05) is 6.92 Å². The summed E-state index contributed by atoms with van der Waals surface area (Å²) in [6.45, 7) is 8.00. The Morgan fingerprint density at radius 2 is 2.11 bits per heavy atom. The van der Waals surface area contributed by atoms with Crippen molar-refractivity contribution in [2.24, 2.45) is 17.3 Å². The highest BCUT2D eigenvalue weighted by atomic mass is 16.5. The molecule has 1 aliphatic rings. The van der Waals surface area contributed by atoms with Crippen LogP contribution in [0.3, 0.4) is 0 Å². The number of hydrogen-bond acceptors (Lipinski definition) is 2. The molecule has 102 valence electrons. The van der Waals surface area contributed by atoms with Gasteiger partial charge in [0.1, 0.15) is 6.10 Å². The lowest BCUT2D eigenvalue weighted by Crippen LogP contribution is -2.42. The smallest absolute Gasteiger partial charge is 0.302 e. The van der Waals surface area contributed by atoms with Crippen LogP contribution in [0.2, 0.25) is 0 Å². The summed E-state index contributed by atoms with van der Waals surface area (Å²) in [7, 11) is 0. The molecule has 0 radical (unpaired) electrons. The zero-order valence-corrected chi connectivity index (χ0v) is 12.2. The summed E-state index contributed by atoms with van der Waals surface area (Å²) >= 11 is 0. The number of terminal acetylenes is 1. The fourth-order valence-corrected chi connectivity index (χ4v) is 3.23. The molecule has 18 heavy (non-hydrogen) atoms. The van der Waals surface area contributed by atoms with Crippen LogP contribution in [0.1, 0.15) is 59.8 Å². The SMILES string of the molecule is C#CC1(C)CCC(C(CC)CC)CC1OC(C)=O. The summed E-state index contributed by atoms with van der Waals surface area (Å²) in [5.74, 6) is 4.01. The number of carbonyl (C=O) groups excluding carboxylic acids is 1. The minimum atomic E-state index is -0.284. The quantitative estimate of drug-likeness (QED) is 0.560. The Bertz CT molecular complexity index is 324. The summed E-state index contributed by atoms with van der Waals surface area (Å²) in [6, 6.07) is 0. The molecule has 0 heterocycles. The molecule has 0 amide bonds. The third-order valence-electron chi connectivity index (χ3n) is 4.62. The lowest BCUT2D eigenvalue weighted by molar-refractivity contribution is -0.155. The Morgan fingerprint density at radius 1 is 1.50 bits per heavy atom. The maximum absolute atomic E-state index is 11.2. The van der Waals surface area contributed by atoms with Gasteiger partial charge >= 0.3 is 5.97 Å². The van der Waals surface area contributed by atoms with Gasteiger partial charge in [-0.05, 0) is 38.0 Å². The van der Waals surface area contributed by atoms with Gasteiger partial charge in [-0.2, -0.15) is 0 Å². The highest BCUT2D eigenvalue weighted by Gasteiger charge is 2.42. The van der Waals surface area contributed by atoms with Gasteiger partial charge in [-0.15, -0.1) is 6.42 Å². The molecule has 1 rings (SSSR count). The van der Waals surface area contributed by atoms with E-state index in [1.807, 2.05) is 6.92 Å². The zero-order valence-electron chi connectivity index (χ0n) is 12.2. The maximum atomic E-state index is 11.2. The molecule has 0 spiro atoms. The number of esters is 1. The van der Waals surface area contributed by atoms with Crippen LogP contribution in [0.15, 0.2) is 0 Å². The average Bonchev–Trinajstić information content (AvgIpc) is 2.34. The van der Waals surface area contributed by atoms with Gasteiger partial charge in [0.2, 0.25) is 0 Å². The van der Waals surface area contributed by atoms with E-state index in [1.54, 1.807) is 0 Å². The normalized spacial score (nSPS) is 32.0. The summed E-state index contributed by atoms with van der Waals surface area (Å²) in [4.78, 5) is 11.2. The first-order chi connectivity index (χ1) is 8.46. The van der Waals surface area contributed by atoms with E-state index in [1.165, 1.54) is 19.8 Å². The molecule has 1 aliphatic carbocycles. The molecule has 0 saturated heterocycles. The van der Waals surface area contributed by atoms with E-state index >= 15 is 0 Å². The van der Waals surface area contributed by atoms with Crippen LogP contribution in [0, 0.1) is 29.6 Å². The fourth-order valence-electron chi connectivity index (χ4n) is 3.23. The van der Waals surface area contributed by atoms with Crippen LogP contribution in [-0.4, -0.2) is 12.1 Å². The second-order valence-corrected chi connectivity index (χ2v) is 5.77. The predicted molar refractivity (Wildman–Crippen MR) is 73.9 cm³/mol. The Hall–Kier alpha value is -0.970. The summed E-state index contributed by atoms with van der Waals surface area (Å²) in [6.07, 6.45) is 11.0. The molecule has 2 heteroatoms. The third-order valence-corrected chi connectivity index (χ3v) is 4.62. The molecule has 1 saturated carbocycles. The van der Waals surface area contributed by atoms with Crippen molar-refractivity contribution >= 4 is 5.97 Å². The molecule has 0 aromatic carbocycles. The van der Waals surface area contributed by atoms with Crippen molar-refractivity contribution in [3.63, 3.8) is 0 Å². The summed E-state index contributed by atoms with van der Waals surface area (Å²) in [5, 5.41) is 0. The van der Waals surface area contributed by atoms with Crippen molar-refractivity contribution in [1.29, 1.82) is 0 Å². The largest absolute Gasteiger partial charge is 0.461 e. The molecule has 0 aromatic heterocycles. The number of carbonyl (C=O) groups is 1. The van der Waals surface area contributed by atoms with Crippen LogP contribution in [0.25, 0.3) is 0 Å². The number of rotatable bonds is 4. The molecule has 0 N–H and O–H groups in total. The third kappa shape index (κ3) is 3.28. The van der Waals surface area contributed by atoms with Crippen LogP contribution in [0.5, 0.6) is 0 Å². The topological polar surface area (TPSA) is 26.3 Å². The molecule has 3 atom stereocenters. The first-order valence-corrected chi connectivity index (χ1v) is 7.11. The van der Waals surface area contributed by atoms with E-state index in [9.17, 15) is 4.79 Å². The van der Waals surface area contributed by atoms with Crippen molar-refractivity contribution in [3.05, 3.63) is 0 Å². The van der Waals surface area contributed by atoms with E-state index in [-0.39, 0.29) is 17.5 Å². The zero-order chi connectivity index (χ0) is 13.8. The minimum absolute atomic E-state index is 0.112. The lowest BCUT2D eigenvalue weighted by atomic mass is 9.66. The van der Waals surface area contributed by atoms with E-state index < -0.39 is 0 Å². The Balaban J connectivity index is 2.80.